The number of aryl methyl sites for hydroxylation is 1. The van der Waals surface area contributed by atoms with Crippen LogP contribution in [0.1, 0.15) is 5.56 Å². The Morgan fingerprint density at radius 3 is 2.92 bits per heavy atom. The molecule has 0 spiro atoms. The molecule has 0 aromatic carbocycles. The molecule has 0 bridgehead atoms. The highest BCUT2D eigenvalue weighted by Gasteiger charge is 2.07. The Bertz CT molecular complexity index is 410. The fourth-order valence-corrected chi connectivity index (χ4v) is 1.04. The minimum Gasteiger partial charge on any atom is -0.442 e. The van der Waals surface area contributed by atoms with Crippen molar-refractivity contribution in [3.8, 4) is 11.5 Å². The summed E-state index contributed by atoms with van der Waals surface area (Å²) in [7, 11) is 0. The van der Waals surface area contributed by atoms with Gasteiger partial charge in [0.15, 0.2) is 12.2 Å². The van der Waals surface area contributed by atoms with Gasteiger partial charge in [-0.15, -0.1) is 0 Å². The molecule has 66 valence electrons. The molecule has 2 N–H and O–H groups in total. The average molecular weight is 176 g/mol. The maximum Gasteiger partial charge on any atom is 0.220 e. The first kappa shape index (κ1) is 7.72. The van der Waals surface area contributed by atoms with Gasteiger partial charge in [0.1, 0.15) is 5.69 Å². The summed E-state index contributed by atoms with van der Waals surface area (Å²) in [6, 6.07) is 0. The summed E-state index contributed by atoms with van der Waals surface area (Å²) in [5, 5.41) is 0. The standard InChI is InChI=1S/C8H8N4O/c1-5-2-11-8(9)12-7(5)6-3-10-4-13-6/h2-4H,1H3,(H2,9,11,12). The van der Waals surface area contributed by atoms with E-state index in [0.717, 1.165) is 5.56 Å². The third kappa shape index (κ3) is 1.35. The molecule has 0 fully saturated rings. The number of nitrogen functional groups attached to an aromatic ring is 1. The van der Waals surface area contributed by atoms with E-state index in [1.807, 2.05) is 6.92 Å². The molecule has 0 aliphatic rings. The van der Waals surface area contributed by atoms with Crippen LogP contribution in [-0.2, 0) is 0 Å². The van der Waals surface area contributed by atoms with Crippen molar-refractivity contribution in [3.05, 3.63) is 24.4 Å². The lowest BCUT2D eigenvalue weighted by Gasteiger charge is -2.00. The Hall–Kier alpha value is -1.91. The van der Waals surface area contributed by atoms with E-state index in [0.29, 0.717) is 11.5 Å². The van der Waals surface area contributed by atoms with Crippen molar-refractivity contribution in [2.24, 2.45) is 0 Å². The number of oxazole rings is 1. The molecular weight excluding hydrogens is 168 g/mol. The predicted octanol–water partition coefficient (Wildman–Crippen LogP) is 1.02. The Balaban J connectivity index is 2.57. The zero-order valence-corrected chi connectivity index (χ0v) is 7.06. The van der Waals surface area contributed by atoms with Gasteiger partial charge >= 0.3 is 0 Å². The summed E-state index contributed by atoms with van der Waals surface area (Å²) in [4.78, 5) is 11.7. The van der Waals surface area contributed by atoms with E-state index in [1.54, 1.807) is 12.4 Å². The van der Waals surface area contributed by atoms with Gasteiger partial charge in [-0.05, 0) is 12.5 Å². The van der Waals surface area contributed by atoms with Gasteiger partial charge in [0.25, 0.3) is 0 Å². The fraction of sp³-hybridized carbons (Fsp3) is 0.125. The summed E-state index contributed by atoms with van der Waals surface area (Å²) in [5.74, 6) is 0.837. The molecule has 0 atom stereocenters. The summed E-state index contributed by atoms with van der Waals surface area (Å²) in [5.41, 5.74) is 7.04. The molecule has 0 aliphatic heterocycles. The van der Waals surface area contributed by atoms with Crippen molar-refractivity contribution in [2.75, 3.05) is 5.73 Å². The van der Waals surface area contributed by atoms with Gasteiger partial charge in [-0.25, -0.2) is 15.0 Å². The maximum atomic E-state index is 5.45. The first-order valence-corrected chi connectivity index (χ1v) is 3.75. The van der Waals surface area contributed by atoms with Crippen molar-refractivity contribution in [2.45, 2.75) is 6.92 Å². The maximum absolute atomic E-state index is 5.45. The van der Waals surface area contributed by atoms with E-state index >= 15 is 0 Å². The number of nitrogens with two attached hydrogens (primary N) is 1. The topological polar surface area (TPSA) is 77.8 Å². The number of hydrogen-bond acceptors (Lipinski definition) is 5. The van der Waals surface area contributed by atoms with Crippen molar-refractivity contribution in [3.63, 3.8) is 0 Å². The number of rotatable bonds is 1. The van der Waals surface area contributed by atoms with Crippen LogP contribution in [0.5, 0.6) is 0 Å². The quantitative estimate of drug-likeness (QED) is 0.701. The van der Waals surface area contributed by atoms with Crippen molar-refractivity contribution < 1.29 is 4.42 Å². The molecule has 0 saturated carbocycles. The van der Waals surface area contributed by atoms with Crippen molar-refractivity contribution >= 4 is 5.95 Å². The number of anilines is 1. The molecule has 2 aromatic heterocycles. The summed E-state index contributed by atoms with van der Waals surface area (Å²) < 4.78 is 5.10. The molecule has 0 aliphatic carbocycles. The van der Waals surface area contributed by atoms with Gasteiger partial charge in [0.05, 0.1) is 6.20 Å². The highest BCUT2D eigenvalue weighted by molar-refractivity contribution is 5.56. The second-order valence-corrected chi connectivity index (χ2v) is 2.63. The number of hydrogen-bond donors (Lipinski definition) is 1. The van der Waals surface area contributed by atoms with Crippen LogP contribution in [0.2, 0.25) is 0 Å². The Morgan fingerprint density at radius 1 is 1.38 bits per heavy atom. The van der Waals surface area contributed by atoms with Gasteiger partial charge in [0.2, 0.25) is 5.95 Å². The molecular formula is C8H8N4O. The monoisotopic (exact) mass is 176 g/mol. The lowest BCUT2D eigenvalue weighted by Crippen LogP contribution is -1.97. The van der Waals surface area contributed by atoms with Crippen LogP contribution in [0.25, 0.3) is 11.5 Å². The molecule has 0 saturated heterocycles. The van der Waals surface area contributed by atoms with E-state index in [-0.39, 0.29) is 5.95 Å². The molecule has 5 heteroatoms. The smallest absolute Gasteiger partial charge is 0.220 e. The van der Waals surface area contributed by atoms with E-state index in [9.17, 15) is 0 Å². The summed E-state index contributed by atoms with van der Waals surface area (Å²) in [6.45, 7) is 1.89. The highest BCUT2D eigenvalue weighted by atomic mass is 16.3. The third-order valence-electron chi connectivity index (χ3n) is 1.66. The summed E-state index contributed by atoms with van der Waals surface area (Å²) in [6.07, 6.45) is 4.60. The van der Waals surface area contributed by atoms with E-state index in [4.69, 9.17) is 10.2 Å². The summed E-state index contributed by atoms with van der Waals surface area (Å²) >= 11 is 0. The zero-order chi connectivity index (χ0) is 9.26. The van der Waals surface area contributed by atoms with Crippen LogP contribution in [0.15, 0.2) is 23.2 Å². The zero-order valence-electron chi connectivity index (χ0n) is 7.06. The predicted molar refractivity (Wildman–Crippen MR) is 46.7 cm³/mol. The van der Waals surface area contributed by atoms with E-state index < -0.39 is 0 Å². The molecule has 0 unspecified atom stereocenters. The molecule has 2 heterocycles. The Kier molecular flexibility index (Phi) is 1.70. The van der Waals surface area contributed by atoms with E-state index in [1.165, 1.54) is 6.39 Å². The fourth-order valence-electron chi connectivity index (χ4n) is 1.04. The van der Waals surface area contributed by atoms with Gasteiger partial charge in [0, 0.05) is 6.20 Å². The Labute approximate surface area is 74.6 Å². The largest absolute Gasteiger partial charge is 0.442 e. The molecule has 0 radical (unpaired) electrons. The first-order chi connectivity index (χ1) is 6.27. The van der Waals surface area contributed by atoms with Gasteiger partial charge in [-0.2, -0.15) is 0 Å². The lowest BCUT2D eigenvalue weighted by atomic mass is 10.2. The third-order valence-corrected chi connectivity index (χ3v) is 1.66. The van der Waals surface area contributed by atoms with Crippen LogP contribution in [0, 0.1) is 6.92 Å². The van der Waals surface area contributed by atoms with Gasteiger partial charge in [-0.3, -0.25) is 0 Å². The first-order valence-electron chi connectivity index (χ1n) is 3.75. The molecule has 2 rings (SSSR count). The van der Waals surface area contributed by atoms with Gasteiger partial charge < -0.3 is 10.2 Å². The van der Waals surface area contributed by atoms with Crippen LogP contribution in [0.4, 0.5) is 5.95 Å². The van der Waals surface area contributed by atoms with E-state index in [2.05, 4.69) is 15.0 Å². The van der Waals surface area contributed by atoms with Crippen molar-refractivity contribution in [1.29, 1.82) is 0 Å². The van der Waals surface area contributed by atoms with Crippen LogP contribution in [-0.4, -0.2) is 15.0 Å². The normalized spacial score (nSPS) is 10.2. The van der Waals surface area contributed by atoms with Crippen LogP contribution < -0.4 is 5.73 Å². The van der Waals surface area contributed by atoms with Crippen LogP contribution in [0.3, 0.4) is 0 Å². The lowest BCUT2D eigenvalue weighted by molar-refractivity contribution is 0.569. The molecule has 0 amide bonds. The van der Waals surface area contributed by atoms with Crippen molar-refractivity contribution in [1.82, 2.24) is 15.0 Å². The highest BCUT2D eigenvalue weighted by Crippen LogP contribution is 2.19. The molecule has 5 nitrogen and oxygen atoms in total. The minimum atomic E-state index is 0.233. The second-order valence-electron chi connectivity index (χ2n) is 2.63. The molecule has 2 aromatic rings. The molecule has 13 heavy (non-hydrogen) atoms. The average Bonchev–Trinajstić information content (AvgIpc) is 2.61. The number of nitrogens with zero attached hydrogens (tertiary/aromatic N) is 3. The second kappa shape index (κ2) is 2.85. The minimum absolute atomic E-state index is 0.233. The number of aromatic nitrogens is 3. The van der Waals surface area contributed by atoms with Gasteiger partial charge in [-0.1, -0.05) is 0 Å². The SMILES string of the molecule is Cc1cnc(N)nc1-c1cnco1. The Morgan fingerprint density at radius 2 is 2.23 bits per heavy atom. The van der Waals surface area contributed by atoms with Crippen LogP contribution >= 0.6 is 0 Å².